The van der Waals surface area contributed by atoms with Crippen LogP contribution in [0.3, 0.4) is 0 Å². The molecule has 1 amide bonds. The summed E-state index contributed by atoms with van der Waals surface area (Å²) in [5.41, 5.74) is 1.55. The SMILES string of the molecule is COCCC(NC(=O)Cc1ncccc1C)C(=O)O. The maximum Gasteiger partial charge on any atom is 0.326 e. The van der Waals surface area contributed by atoms with Crippen molar-refractivity contribution in [1.82, 2.24) is 10.3 Å². The van der Waals surface area contributed by atoms with E-state index in [1.807, 2.05) is 13.0 Å². The number of nitrogens with zero attached hydrogens (tertiary/aromatic N) is 1. The number of rotatable bonds is 7. The zero-order valence-electron chi connectivity index (χ0n) is 11.0. The molecule has 0 spiro atoms. The Labute approximate surface area is 111 Å². The molecular formula is C13H18N2O4. The first-order valence-corrected chi connectivity index (χ1v) is 5.96. The summed E-state index contributed by atoms with van der Waals surface area (Å²) in [6.07, 6.45) is 1.91. The number of pyridine rings is 1. The molecule has 1 aromatic heterocycles. The van der Waals surface area contributed by atoms with Crippen LogP contribution in [0, 0.1) is 6.92 Å². The van der Waals surface area contributed by atoms with Gasteiger partial charge < -0.3 is 15.2 Å². The van der Waals surface area contributed by atoms with E-state index in [0.29, 0.717) is 5.69 Å². The average Bonchev–Trinajstić information content (AvgIpc) is 2.37. The van der Waals surface area contributed by atoms with Crippen molar-refractivity contribution in [2.75, 3.05) is 13.7 Å². The van der Waals surface area contributed by atoms with Crippen LogP contribution in [0.1, 0.15) is 17.7 Å². The van der Waals surface area contributed by atoms with E-state index < -0.39 is 12.0 Å². The number of amides is 1. The number of carbonyl (C=O) groups is 2. The Kier molecular flexibility index (Phi) is 5.95. The first-order chi connectivity index (χ1) is 9.04. The Morgan fingerprint density at radius 1 is 1.53 bits per heavy atom. The van der Waals surface area contributed by atoms with Crippen molar-refractivity contribution >= 4 is 11.9 Å². The zero-order valence-corrected chi connectivity index (χ0v) is 11.0. The van der Waals surface area contributed by atoms with Crippen molar-refractivity contribution in [3.05, 3.63) is 29.6 Å². The number of methoxy groups -OCH3 is 1. The molecule has 1 aromatic rings. The average molecular weight is 266 g/mol. The van der Waals surface area contributed by atoms with Crippen LogP contribution in [-0.4, -0.2) is 41.7 Å². The molecule has 1 unspecified atom stereocenters. The lowest BCUT2D eigenvalue weighted by Crippen LogP contribution is -2.42. The van der Waals surface area contributed by atoms with Crippen LogP contribution in [0.4, 0.5) is 0 Å². The van der Waals surface area contributed by atoms with Crippen LogP contribution < -0.4 is 5.32 Å². The minimum atomic E-state index is -1.07. The second-order valence-corrected chi connectivity index (χ2v) is 4.18. The van der Waals surface area contributed by atoms with Gasteiger partial charge in [-0.2, -0.15) is 0 Å². The smallest absolute Gasteiger partial charge is 0.326 e. The topological polar surface area (TPSA) is 88.5 Å². The molecule has 1 rings (SSSR count). The molecule has 2 N–H and O–H groups in total. The van der Waals surface area contributed by atoms with Crippen molar-refractivity contribution in [2.24, 2.45) is 0 Å². The number of hydrogen-bond donors (Lipinski definition) is 2. The van der Waals surface area contributed by atoms with Gasteiger partial charge in [-0.1, -0.05) is 6.07 Å². The first kappa shape index (κ1) is 15.1. The van der Waals surface area contributed by atoms with E-state index in [1.165, 1.54) is 7.11 Å². The van der Waals surface area contributed by atoms with Crippen molar-refractivity contribution in [2.45, 2.75) is 25.8 Å². The van der Waals surface area contributed by atoms with E-state index in [0.717, 1.165) is 5.56 Å². The molecule has 6 heteroatoms. The van der Waals surface area contributed by atoms with Crippen molar-refractivity contribution in [1.29, 1.82) is 0 Å². The maximum atomic E-state index is 11.8. The van der Waals surface area contributed by atoms with Gasteiger partial charge in [0.2, 0.25) is 5.91 Å². The Bertz CT molecular complexity index is 448. The summed E-state index contributed by atoms with van der Waals surface area (Å²) in [6, 6.07) is 2.71. The molecule has 0 bridgehead atoms. The molecule has 19 heavy (non-hydrogen) atoms. The van der Waals surface area contributed by atoms with E-state index in [9.17, 15) is 9.59 Å². The summed E-state index contributed by atoms with van der Waals surface area (Å²) in [6.45, 7) is 2.13. The Balaban J connectivity index is 2.58. The number of aromatic nitrogens is 1. The summed E-state index contributed by atoms with van der Waals surface area (Å²) >= 11 is 0. The third-order valence-electron chi connectivity index (χ3n) is 2.69. The van der Waals surface area contributed by atoms with Gasteiger partial charge in [0, 0.05) is 26.3 Å². The molecule has 0 radical (unpaired) electrons. The van der Waals surface area contributed by atoms with Crippen LogP contribution >= 0.6 is 0 Å². The molecule has 1 atom stereocenters. The van der Waals surface area contributed by atoms with E-state index in [4.69, 9.17) is 9.84 Å². The summed E-state index contributed by atoms with van der Waals surface area (Å²) in [5, 5.41) is 11.5. The summed E-state index contributed by atoms with van der Waals surface area (Å²) in [4.78, 5) is 26.9. The lowest BCUT2D eigenvalue weighted by molar-refractivity contribution is -0.142. The van der Waals surface area contributed by atoms with Crippen LogP contribution in [0.25, 0.3) is 0 Å². The molecule has 0 aliphatic carbocycles. The lowest BCUT2D eigenvalue weighted by Gasteiger charge is -2.14. The van der Waals surface area contributed by atoms with Gasteiger partial charge in [0.25, 0.3) is 0 Å². The van der Waals surface area contributed by atoms with Crippen molar-refractivity contribution in [3.63, 3.8) is 0 Å². The Hall–Kier alpha value is -1.95. The Morgan fingerprint density at radius 2 is 2.26 bits per heavy atom. The highest BCUT2D eigenvalue weighted by atomic mass is 16.5. The maximum absolute atomic E-state index is 11.8. The largest absolute Gasteiger partial charge is 0.480 e. The number of hydrogen-bond acceptors (Lipinski definition) is 4. The summed E-state index contributed by atoms with van der Waals surface area (Å²) in [5.74, 6) is -1.42. The van der Waals surface area contributed by atoms with Gasteiger partial charge in [0.15, 0.2) is 0 Å². The second kappa shape index (κ2) is 7.48. The fourth-order valence-electron chi connectivity index (χ4n) is 1.59. The first-order valence-electron chi connectivity index (χ1n) is 5.96. The number of nitrogens with one attached hydrogen (secondary N) is 1. The molecule has 0 aromatic carbocycles. The van der Waals surface area contributed by atoms with Crippen LogP contribution in [0.15, 0.2) is 18.3 Å². The lowest BCUT2D eigenvalue weighted by atomic mass is 10.1. The third kappa shape index (κ3) is 5.05. The molecule has 0 saturated carbocycles. The van der Waals surface area contributed by atoms with E-state index in [-0.39, 0.29) is 25.4 Å². The number of ether oxygens (including phenoxy) is 1. The number of aliphatic carboxylic acids is 1. The second-order valence-electron chi connectivity index (χ2n) is 4.18. The predicted octanol–water partition coefficient (Wildman–Crippen LogP) is 0.538. The molecule has 0 aliphatic heterocycles. The molecule has 0 fully saturated rings. The van der Waals surface area contributed by atoms with Crippen molar-refractivity contribution in [3.8, 4) is 0 Å². The molecule has 0 aliphatic rings. The molecule has 1 heterocycles. The van der Waals surface area contributed by atoms with Crippen molar-refractivity contribution < 1.29 is 19.4 Å². The van der Waals surface area contributed by atoms with E-state index in [1.54, 1.807) is 12.3 Å². The summed E-state index contributed by atoms with van der Waals surface area (Å²) < 4.78 is 4.81. The van der Waals surface area contributed by atoms with E-state index >= 15 is 0 Å². The van der Waals surface area contributed by atoms with Gasteiger partial charge >= 0.3 is 5.97 Å². The minimum absolute atomic E-state index is 0.0729. The standard InChI is InChI=1S/C13H18N2O4/c1-9-4-3-6-14-11(9)8-12(16)15-10(13(17)18)5-7-19-2/h3-4,6,10H,5,7-8H2,1-2H3,(H,15,16)(H,17,18). The van der Waals surface area contributed by atoms with E-state index in [2.05, 4.69) is 10.3 Å². The Morgan fingerprint density at radius 3 is 2.84 bits per heavy atom. The monoisotopic (exact) mass is 266 g/mol. The van der Waals surface area contributed by atoms with Gasteiger partial charge in [0.1, 0.15) is 6.04 Å². The molecule has 0 saturated heterocycles. The summed E-state index contributed by atoms with van der Waals surface area (Å²) in [7, 11) is 1.48. The molecule has 104 valence electrons. The highest BCUT2D eigenvalue weighted by Gasteiger charge is 2.20. The highest BCUT2D eigenvalue weighted by Crippen LogP contribution is 2.04. The number of carbonyl (C=O) groups excluding carboxylic acids is 1. The highest BCUT2D eigenvalue weighted by molar-refractivity contribution is 5.84. The van der Waals surface area contributed by atoms with Gasteiger partial charge in [-0.15, -0.1) is 0 Å². The van der Waals surface area contributed by atoms with Gasteiger partial charge in [0.05, 0.1) is 12.1 Å². The minimum Gasteiger partial charge on any atom is -0.480 e. The van der Waals surface area contributed by atoms with Gasteiger partial charge in [-0.05, 0) is 18.6 Å². The fourth-order valence-corrected chi connectivity index (χ4v) is 1.59. The number of carboxylic acid groups (broad SMARTS) is 1. The number of aryl methyl sites for hydroxylation is 1. The number of carboxylic acids is 1. The normalized spacial score (nSPS) is 11.9. The van der Waals surface area contributed by atoms with Gasteiger partial charge in [-0.25, -0.2) is 4.79 Å². The third-order valence-corrected chi connectivity index (χ3v) is 2.69. The molecular weight excluding hydrogens is 248 g/mol. The van der Waals surface area contributed by atoms with Crippen LogP contribution in [0.5, 0.6) is 0 Å². The quantitative estimate of drug-likeness (QED) is 0.752. The van der Waals surface area contributed by atoms with Crippen LogP contribution in [0.2, 0.25) is 0 Å². The van der Waals surface area contributed by atoms with Crippen LogP contribution in [-0.2, 0) is 20.7 Å². The molecule has 6 nitrogen and oxygen atoms in total. The predicted molar refractivity (Wildman–Crippen MR) is 68.7 cm³/mol. The van der Waals surface area contributed by atoms with Gasteiger partial charge in [-0.3, -0.25) is 9.78 Å². The fraction of sp³-hybridized carbons (Fsp3) is 0.462. The zero-order chi connectivity index (χ0) is 14.3.